The van der Waals surface area contributed by atoms with Gasteiger partial charge in [-0.25, -0.2) is 0 Å². The van der Waals surface area contributed by atoms with E-state index in [9.17, 15) is 29.9 Å². The number of anilines is 1. The van der Waals surface area contributed by atoms with Crippen LogP contribution in [0, 0.1) is 23.7 Å². The van der Waals surface area contributed by atoms with Gasteiger partial charge in [0.05, 0.1) is 30.2 Å². The van der Waals surface area contributed by atoms with Crippen molar-refractivity contribution in [2.75, 3.05) is 11.5 Å². The number of nitrogens with zero attached hydrogens (tertiary/aromatic N) is 1. The van der Waals surface area contributed by atoms with E-state index in [4.69, 9.17) is 9.47 Å². The van der Waals surface area contributed by atoms with Crippen LogP contribution in [0.5, 0.6) is 11.5 Å². The first-order valence-corrected chi connectivity index (χ1v) is 14.4. The van der Waals surface area contributed by atoms with E-state index in [2.05, 4.69) is 0 Å². The molecule has 4 aromatic carbocycles. The molecule has 0 spiro atoms. The lowest BCUT2D eigenvalue weighted by atomic mass is 9.64. The molecule has 1 saturated carbocycles. The Kier molecular flexibility index (Phi) is 6.74. The van der Waals surface area contributed by atoms with Crippen molar-refractivity contribution >= 4 is 40.9 Å². The maximum absolute atomic E-state index is 14.1. The summed E-state index contributed by atoms with van der Waals surface area (Å²) in [5.74, 6) is -4.80. The van der Waals surface area contributed by atoms with Crippen LogP contribution in [0.1, 0.15) is 24.5 Å². The van der Waals surface area contributed by atoms with E-state index in [0.29, 0.717) is 11.1 Å². The first-order chi connectivity index (χ1) is 20.8. The number of benzene rings is 4. The minimum atomic E-state index is -1.77. The molecule has 0 aromatic heterocycles. The molecule has 0 bridgehead atoms. The molecule has 218 valence electrons. The van der Waals surface area contributed by atoms with Gasteiger partial charge < -0.3 is 29.7 Å². The summed E-state index contributed by atoms with van der Waals surface area (Å²) in [5, 5.41) is 43.6. The second-order valence-electron chi connectivity index (χ2n) is 11.6. The molecular formula is C33H30BNO8. The van der Waals surface area contributed by atoms with Gasteiger partial charge in [-0.15, -0.1) is 0 Å². The van der Waals surface area contributed by atoms with Crippen molar-refractivity contribution in [3.8, 4) is 11.5 Å². The fourth-order valence-electron chi connectivity index (χ4n) is 7.25. The lowest BCUT2D eigenvalue weighted by Crippen LogP contribution is -2.55. The van der Waals surface area contributed by atoms with Crippen LogP contribution in [-0.4, -0.2) is 51.6 Å². The van der Waals surface area contributed by atoms with Crippen LogP contribution in [0.4, 0.5) is 5.69 Å². The average molecular weight is 579 g/mol. The monoisotopic (exact) mass is 579 g/mol. The molecule has 2 saturated heterocycles. The number of para-hydroxylation sites is 1. The normalized spacial score (nSPS) is 28.2. The van der Waals surface area contributed by atoms with E-state index in [1.54, 1.807) is 24.3 Å². The number of carbonyl (C=O) groups excluding carboxylic acids is 2. The van der Waals surface area contributed by atoms with Crippen molar-refractivity contribution in [1.29, 1.82) is 0 Å². The smallest absolute Gasteiger partial charge is 0.488 e. The molecule has 4 N–H and O–H groups in total. The third-order valence-electron chi connectivity index (χ3n) is 9.27. The number of aromatic hydroxyl groups is 1. The second-order valence-corrected chi connectivity index (χ2v) is 11.6. The van der Waals surface area contributed by atoms with Crippen molar-refractivity contribution in [1.82, 2.24) is 0 Å². The molecule has 3 fully saturated rings. The van der Waals surface area contributed by atoms with Crippen LogP contribution in [0.15, 0.2) is 91.0 Å². The maximum atomic E-state index is 14.1. The molecule has 7 rings (SSSR count). The van der Waals surface area contributed by atoms with Crippen LogP contribution in [0.25, 0.3) is 10.8 Å². The van der Waals surface area contributed by atoms with Crippen molar-refractivity contribution in [3.05, 3.63) is 96.6 Å². The predicted molar refractivity (Wildman–Crippen MR) is 158 cm³/mol. The molecular weight excluding hydrogens is 549 g/mol. The SMILES string of the molecule is O=C1[C@H]2[C@H](C[C@H](COc3ccccc3)[C@@]3(O)O[C@H](c4ccc(O)c5ccccc45)C[C@@H]23)C(=O)N1c1cccc(B(O)O)c1. The molecule has 6 atom stereocenters. The van der Waals surface area contributed by atoms with Crippen molar-refractivity contribution in [2.24, 2.45) is 23.7 Å². The quantitative estimate of drug-likeness (QED) is 0.202. The van der Waals surface area contributed by atoms with Crippen molar-refractivity contribution < 1.29 is 39.3 Å². The maximum Gasteiger partial charge on any atom is 0.488 e. The Balaban J connectivity index is 1.28. The summed E-state index contributed by atoms with van der Waals surface area (Å²) in [5.41, 5.74) is 1.17. The second kappa shape index (κ2) is 10.5. The van der Waals surface area contributed by atoms with E-state index >= 15 is 0 Å². The number of fused-ring (bicyclic) bond motifs is 4. The highest BCUT2D eigenvalue weighted by Crippen LogP contribution is 2.59. The zero-order valence-electron chi connectivity index (χ0n) is 23.1. The van der Waals surface area contributed by atoms with Crippen LogP contribution >= 0.6 is 0 Å². The Labute approximate surface area is 248 Å². The highest BCUT2D eigenvalue weighted by molar-refractivity contribution is 6.58. The number of phenols is 1. The van der Waals surface area contributed by atoms with Gasteiger partial charge in [-0.05, 0) is 59.6 Å². The molecule has 0 unspecified atom stereocenters. The third-order valence-corrected chi connectivity index (χ3v) is 9.27. The molecule has 2 amide bonds. The molecule has 10 heteroatoms. The van der Waals surface area contributed by atoms with E-state index in [1.165, 1.54) is 12.1 Å². The topological polar surface area (TPSA) is 137 Å². The lowest BCUT2D eigenvalue weighted by Gasteiger charge is -2.44. The summed E-state index contributed by atoms with van der Waals surface area (Å²) in [6, 6.07) is 26.0. The number of aliphatic hydroxyl groups is 1. The molecule has 2 aliphatic heterocycles. The summed E-state index contributed by atoms with van der Waals surface area (Å²) < 4.78 is 12.6. The van der Waals surface area contributed by atoms with Gasteiger partial charge in [-0.1, -0.05) is 60.7 Å². The van der Waals surface area contributed by atoms with Gasteiger partial charge in [0.1, 0.15) is 11.5 Å². The zero-order chi connectivity index (χ0) is 29.9. The summed E-state index contributed by atoms with van der Waals surface area (Å²) >= 11 is 0. The predicted octanol–water partition coefficient (Wildman–Crippen LogP) is 2.90. The first kappa shape index (κ1) is 27.6. The number of phenolic OH excluding ortho intramolecular Hbond substituents is 1. The minimum absolute atomic E-state index is 0.0664. The molecule has 0 radical (unpaired) electrons. The highest BCUT2D eigenvalue weighted by atomic mass is 16.6. The summed E-state index contributed by atoms with van der Waals surface area (Å²) in [6.07, 6.45) is -0.170. The lowest BCUT2D eigenvalue weighted by molar-refractivity contribution is -0.272. The average Bonchev–Trinajstić information content (AvgIpc) is 3.49. The molecule has 2 heterocycles. The van der Waals surface area contributed by atoms with Gasteiger partial charge in [-0.2, -0.15) is 0 Å². The Morgan fingerprint density at radius 2 is 1.63 bits per heavy atom. The summed E-state index contributed by atoms with van der Waals surface area (Å²) in [7, 11) is -1.76. The van der Waals surface area contributed by atoms with Crippen LogP contribution < -0.4 is 15.1 Å². The number of rotatable bonds is 6. The minimum Gasteiger partial charge on any atom is -0.507 e. The summed E-state index contributed by atoms with van der Waals surface area (Å²) in [6.45, 7) is 0.0664. The van der Waals surface area contributed by atoms with Crippen LogP contribution in [-0.2, 0) is 14.3 Å². The Bertz CT molecular complexity index is 1710. The van der Waals surface area contributed by atoms with Gasteiger partial charge in [0.25, 0.3) is 0 Å². The molecule has 9 nitrogen and oxygen atoms in total. The van der Waals surface area contributed by atoms with Crippen molar-refractivity contribution in [3.63, 3.8) is 0 Å². The Morgan fingerprint density at radius 3 is 2.40 bits per heavy atom. The zero-order valence-corrected chi connectivity index (χ0v) is 23.1. The van der Waals surface area contributed by atoms with Gasteiger partial charge >= 0.3 is 7.12 Å². The summed E-state index contributed by atoms with van der Waals surface area (Å²) in [4.78, 5) is 29.1. The van der Waals surface area contributed by atoms with E-state index < -0.39 is 54.5 Å². The number of carbonyl (C=O) groups is 2. The third kappa shape index (κ3) is 4.49. The highest BCUT2D eigenvalue weighted by Gasteiger charge is 2.67. The van der Waals surface area contributed by atoms with Crippen LogP contribution in [0.2, 0.25) is 0 Å². The van der Waals surface area contributed by atoms with Gasteiger partial charge in [0.2, 0.25) is 11.8 Å². The van der Waals surface area contributed by atoms with E-state index in [-0.39, 0.29) is 36.3 Å². The largest absolute Gasteiger partial charge is 0.507 e. The standard InChI is InChI=1S/C33H30BNO8/c36-28-14-13-25(23-11-4-5-12-24(23)28)29-17-27-30-26(15-19(33(27,39)43-29)18-42-22-9-2-1-3-10-22)31(37)35(32(30)38)21-8-6-7-20(16-21)34(40)41/h1-14,16,19,26-27,29-30,36,39-41H,15,17-18H2/t19-,26+,27+,29+,30+,33-/m1/s1. The number of amides is 2. The van der Waals surface area contributed by atoms with Crippen LogP contribution in [0.3, 0.4) is 0 Å². The fraction of sp³-hybridized carbons (Fsp3) is 0.273. The first-order valence-electron chi connectivity index (χ1n) is 14.4. The number of hydrogen-bond donors (Lipinski definition) is 4. The number of ether oxygens (including phenoxy) is 2. The number of hydrogen-bond acceptors (Lipinski definition) is 8. The molecule has 4 aromatic rings. The molecule has 1 aliphatic carbocycles. The van der Waals surface area contributed by atoms with Gasteiger partial charge in [0.15, 0.2) is 5.79 Å². The Hall–Kier alpha value is -4.22. The molecule has 43 heavy (non-hydrogen) atoms. The fourth-order valence-corrected chi connectivity index (χ4v) is 7.25. The van der Waals surface area contributed by atoms with Gasteiger partial charge in [-0.3, -0.25) is 14.5 Å². The number of imide groups is 1. The van der Waals surface area contributed by atoms with Crippen molar-refractivity contribution in [2.45, 2.75) is 24.7 Å². The van der Waals surface area contributed by atoms with E-state index in [0.717, 1.165) is 15.8 Å². The van der Waals surface area contributed by atoms with Gasteiger partial charge in [0, 0.05) is 17.2 Å². The Morgan fingerprint density at radius 1 is 0.884 bits per heavy atom. The van der Waals surface area contributed by atoms with E-state index in [1.807, 2.05) is 54.6 Å². The molecule has 3 aliphatic rings.